The Hall–Kier alpha value is -3.10. The third kappa shape index (κ3) is 10.8. The highest BCUT2D eigenvalue weighted by atomic mass is 16.6. The van der Waals surface area contributed by atoms with E-state index in [0.29, 0.717) is 24.3 Å². The van der Waals surface area contributed by atoms with Gasteiger partial charge in [0.1, 0.15) is 24.2 Å². The Morgan fingerprint density at radius 1 is 1.00 bits per heavy atom. The van der Waals surface area contributed by atoms with E-state index < -0.39 is 35.7 Å². The Bertz CT molecular complexity index is 1020. The van der Waals surface area contributed by atoms with Crippen LogP contribution in [0.3, 0.4) is 0 Å². The van der Waals surface area contributed by atoms with Gasteiger partial charge < -0.3 is 25.0 Å². The fraction of sp³-hybridized carbons (Fsp3) is 0.677. The van der Waals surface area contributed by atoms with Gasteiger partial charge in [-0.05, 0) is 77.3 Å². The molecule has 2 N–H and O–H groups in total. The number of rotatable bonds is 13. The maximum Gasteiger partial charge on any atom is 0.408 e. The van der Waals surface area contributed by atoms with E-state index in [9.17, 15) is 19.2 Å². The molecule has 0 aliphatic carbocycles. The molecular weight excluding hydrogens is 510 g/mol. The first-order valence-electron chi connectivity index (χ1n) is 14.3. The molecule has 9 heteroatoms. The maximum atomic E-state index is 14.5. The van der Waals surface area contributed by atoms with Crippen LogP contribution in [0.25, 0.3) is 0 Å². The lowest BCUT2D eigenvalue weighted by molar-refractivity contribution is -0.147. The molecule has 0 spiro atoms. The van der Waals surface area contributed by atoms with Crippen molar-refractivity contribution in [3.05, 3.63) is 34.9 Å². The van der Waals surface area contributed by atoms with Crippen molar-refractivity contribution in [3.8, 4) is 0 Å². The van der Waals surface area contributed by atoms with Crippen LogP contribution in [0, 0.1) is 25.7 Å². The zero-order valence-corrected chi connectivity index (χ0v) is 26.3. The number of carbonyl (C=O) groups excluding carboxylic acids is 4. The van der Waals surface area contributed by atoms with Crippen LogP contribution in [0.5, 0.6) is 0 Å². The van der Waals surface area contributed by atoms with Crippen molar-refractivity contribution in [2.24, 2.45) is 11.8 Å². The summed E-state index contributed by atoms with van der Waals surface area (Å²) in [7, 11) is 1.25. The predicted octanol–water partition coefficient (Wildman–Crippen LogP) is 5.23. The summed E-state index contributed by atoms with van der Waals surface area (Å²) in [6.07, 6.45) is 1.40. The first-order chi connectivity index (χ1) is 18.5. The molecule has 226 valence electrons. The van der Waals surface area contributed by atoms with E-state index in [1.807, 2.05) is 52.8 Å². The number of amides is 3. The first-order valence-corrected chi connectivity index (χ1v) is 14.3. The van der Waals surface area contributed by atoms with Gasteiger partial charge in [-0.25, -0.2) is 4.79 Å². The number of nitrogens with one attached hydrogen (secondary N) is 2. The molecule has 3 amide bonds. The Kier molecular flexibility index (Phi) is 13.6. The average Bonchev–Trinajstić information content (AvgIpc) is 2.85. The third-order valence-corrected chi connectivity index (χ3v) is 6.92. The van der Waals surface area contributed by atoms with E-state index in [1.54, 1.807) is 25.7 Å². The van der Waals surface area contributed by atoms with Gasteiger partial charge in [-0.2, -0.15) is 0 Å². The number of aryl methyl sites for hydroxylation is 2. The zero-order valence-electron chi connectivity index (χ0n) is 26.3. The summed E-state index contributed by atoms with van der Waals surface area (Å²) >= 11 is 0. The molecule has 0 heterocycles. The smallest absolute Gasteiger partial charge is 0.408 e. The predicted molar refractivity (Wildman–Crippen MR) is 157 cm³/mol. The van der Waals surface area contributed by atoms with Crippen LogP contribution in [0.2, 0.25) is 0 Å². The van der Waals surface area contributed by atoms with Crippen LogP contribution in [0.1, 0.15) is 97.4 Å². The summed E-state index contributed by atoms with van der Waals surface area (Å²) < 4.78 is 10.2. The van der Waals surface area contributed by atoms with Crippen LogP contribution in [-0.2, 0) is 23.9 Å². The molecule has 0 saturated heterocycles. The van der Waals surface area contributed by atoms with Crippen molar-refractivity contribution in [1.29, 1.82) is 0 Å². The Labute approximate surface area is 240 Å². The van der Waals surface area contributed by atoms with Crippen LogP contribution in [0.4, 0.5) is 4.79 Å². The van der Waals surface area contributed by atoms with Gasteiger partial charge in [-0.1, -0.05) is 57.9 Å². The van der Waals surface area contributed by atoms with Gasteiger partial charge in [0, 0.05) is 6.04 Å². The van der Waals surface area contributed by atoms with Crippen molar-refractivity contribution >= 4 is 23.9 Å². The summed E-state index contributed by atoms with van der Waals surface area (Å²) in [6, 6.07) is 3.39. The Morgan fingerprint density at radius 2 is 1.62 bits per heavy atom. The number of alkyl carbamates (subject to hydrolysis) is 1. The molecule has 9 nitrogen and oxygen atoms in total. The lowest BCUT2D eigenvalue weighted by Gasteiger charge is -2.40. The summed E-state index contributed by atoms with van der Waals surface area (Å²) in [5.41, 5.74) is 1.77. The highest BCUT2D eigenvalue weighted by Gasteiger charge is 2.41. The van der Waals surface area contributed by atoms with E-state index in [4.69, 9.17) is 9.47 Å². The molecule has 0 saturated carbocycles. The highest BCUT2D eigenvalue weighted by Crippen LogP contribution is 2.31. The molecule has 0 aliphatic rings. The van der Waals surface area contributed by atoms with Crippen molar-refractivity contribution in [2.75, 3.05) is 13.7 Å². The minimum atomic E-state index is -1.04. The summed E-state index contributed by atoms with van der Waals surface area (Å²) in [5.74, 6) is -1.32. The normalized spacial score (nSPS) is 14.5. The van der Waals surface area contributed by atoms with Crippen LogP contribution in [0.15, 0.2) is 18.2 Å². The van der Waals surface area contributed by atoms with Crippen molar-refractivity contribution in [3.63, 3.8) is 0 Å². The fourth-order valence-electron chi connectivity index (χ4n) is 4.47. The molecule has 0 bridgehead atoms. The standard InChI is InChI=1S/C31H51N3O6/c1-12-21(5)26(33-30(38)40-31(8,9)10)29(37)34(23(7)15-13-19(2)3)27(28(36)32-18-25(35)39-11)24-16-14-20(4)17-22(24)6/h14,16-17,19,21,23,26-27H,12-13,15,18H2,1-11H3,(H,32,36)(H,33,38). The van der Waals surface area contributed by atoms with Gasteiger partial charge in [0.05, 0.1) is 7.11 Å². The van der Waals surface area contributed by atoms with E-state index >= 15 is 0 Å². The molecule has 0 aliphatic heterocycles. The van der Waals surface area contributed by atoms with Gasteiger partial charge in [0.25, 0.3) is 0 Å². The monoisotopic (exact) mass is 561 g/mol. The molecule has 1 aromatic rings. The molecule has 40 heavy (non-hydrogen) atoms. The Balaban J connectivity index is 3.72. The third-order valence-electron chi connectivity index (χ3n) is 6.92. The second kappa shape index (κ2) is 15.6. The quantitative estimate of drug-likeness (QED) is 0.319. The van der Waals surface area contributed by atoms with E-state index in [-0.39, 0.29) is 24.4 Å². The molecule has 0 fully saturated rings. The first kappa shape index (κ1) is 34.9. The molecule has 1 rings (SSSR count). The number of ether oxygens (including phenoxy) is 2. The van der Waals surface area contributed by atoms with Crippen LogP contribution >= 0.6 is 0 Å². The number of methoxy groups -OCH3 is 1. The minimum absolute atomic E-state index is 0.238. The van der Waals surface area contributed by atoms with Crippen molar-refractivity contribution in [1.82, 2.24) is 15.5 Å². The summed E-state index contributed by atoms with van der Waals surface area (Å²) in [6.45, 7) is 18.8. The van der Waals surface area contributed by atoms with Gasteiger partial charge in [0.2, 0.25) is 11.8 Å². The van der Waals surface area contributed by atoms with Crippen LogP contribution < -0.4 is 10.6 Å². The zero-order chi connectivity index (χ0) is 30.8. The van der Waals surface area contributed by atoms with Gasteiger partial charge >= 0.3 is 12.1 Å². The van der Waals surface area contributed by atoms with Crippen molar-refractivity contribution in [2.45, 2.75) is 112 Å². The van der Waals surface area contributed by atoms with E-state index in [0.717, 1.165) is 17.5 Å². The largest absolute Gasteiger partial charge is 0.468 e. The minimum Gasteiger partial charge on any atom is -0.468 e. The lowest BCUT2D eigenvalue weighted by atomic mass is 9.91. The average molecular weight is 562 g/mol. The number of esters is 1. The summed E-state index contributed by atoms with van der Waals surface area (Å²) in [4.78, 5) is 54.7. The molecule has 4 unspecified atom stereocenters. The topological polar surface area (TPSA) is 114 Å². The van der Waals surface area contributed by atoms with Crippen molar-refractivity contribution < 1.29 is 28.7 Å². The number of nitrogens with zero attached hydrogens (tertiary/aromatic N) is 1. The number of hydrogen-bond acceptors (Lipinski definition) is 6. The van der Waals surface area contributed by atoms with Crippen LogP contribution in [-0.4, -0.2) is 60.1 Å². The lowest BCUT2D eigenvalue weighted by Crippen LogP contribution is -2.57. The fourth-order valence-corrected chi connectivity index (χ4v) is 4.47. The second-order valence-corrected chi connectivity index (χ2v) is 12.1. The molecule has 4 atom stereocenters. The number of hydrogen-bond donors (Lipinski definition) is 2. The summed E-state index contributed by atoms with van der Waals surface area (Å²) in [5, 5.41) is 5.46. The van der Waals surface area contributed by atoms with E-state index in [1.165, 1.54) is 7.11 Å². The SMILES string of the molecule is CCC(C)C(NC(=O)OC(C)(C)C)C(=O)N(C(C)CCC(C)C)C(C(=O)NCC(=O)OC)c1ccc(C)cc1C. The highest BCUT2D eigenvalue weighted by molar-refractivity contribution is 5.93. The number of carbonyl (C=O) groups is 4. The molecular formula is C31H51N3O6. The molecule has 0 radical (unpaired) electrons. The van der Waals surface area contributed by atoms with E-state index in [2.05, 4.69) is 24.5 Å². The maximum absolute atomic E-state index is 14.5. The van der Waals surface area contributed by atoms with Gasteiger partial charge in [0.15, 0.2) is 0 Å². The molecule has 1 aromatic carbocycles. The molecule has 0 aromatic heterocycles. The number of benzene rings is 1. The van der Waals surface area contributed by atoms with Gasteiger partial charge in [-0.15, -0.1) is 0 Å². The second-order valence-electron chi connectivity index (χ2n) is 12.1. The van der Waals surface area contributed by atoms with Gasteiger partial charge in [-0.3, -0.25) is 14.4 Å². The Morgan fingerprint density at radius 3 is 2.12 bits per heavy atom.